The summed E-state index contributed by atoms with van der Waals surface area (Å²) in [7, 11) is -3.71. The number of nitrogens with zero attached hydrogens (tertiary/aromatic N) is 2. The molecule has 0 atom stereocenters. The summed E-state index contributed by atoms with van der Waals surface area (Å²) in [4.78, 5) is 13.6. The topological polar surface area (TPSA) is 89.9 Å². The second kappa shape index (κ2) is 7.63. The van der Waals surface area contributed by atoms with Crippen LogP contribution < -0.4 is 10.4 Å². The van der Waals surface area contributed by atoms with Gasteiger partial charge in [-0.2, -0.15) is 4.31 Å². The van der Waals surface area contributed by atoms with Crippen molar-refractivity contribution in [1.82, 2.24) is 9.79 Å². The molecule has 1 amide bonds. The molecule has 1 heterocycles. The van der Waals surface area contributed by atoms with E-state index >= 15 is 0 Å². The summed E-state index contributed by atoms with van der Waals surface area (Å²) in [6.07, 6.45) is 0. The number of hydroxylamine groups is 1. The van der Waals surface area contributed by atoms with Crippen LogP contribution in [0.3, 0.4) is 0 Å². The highest BCUT2D eigenvalue weighted by Crippen LogP contribution is 2.23. The fourth-order valence-electron chi connectivity index (χ4n) is 2.85. The van der Waals surface area contributed by atoms with E-state index in [1.165, 1.54) is 34.1 Å². The van der Waals surface area contributed by atoms with Gasteiger partial charge in [0.25, 0.3) is 5.91 Å². The first-order valence-corrected chi connectivity index (χ1v) is 9.79. The molecule has 0 aliphatic carbocycles. The lowest BCUT2D eigenvalue weighted by molar-refractivity contribution is 0.0706. The second-order valence-corrected chi connectivity index (χ2v) is 8.21. The number of carbonyl (C=O) groups excluding carboxylic acids is 1. The molecule has 3 rings (SSSR count). The van der Waals surface area contributed by atoms with Crippen LogP contribution >= 0.6 is 11.6 Å². The van der Waals surface area contributed by atoms with Crippen LogP contribution in [0.15, 0.2) is 53.4 Å². The van der Waals surface area contributed by atoms with Crippen LogP contribution in [0, 0.1) is 0 Å². The molecule has 0 aromatic heterocycles. The molecule has 2 aromatic carbocycles. The summed E-state index contributed by atoms with van der Waals surface area (Å²) in [6.45, 7) is 1.78. The van der Waals surface area contributed by atoms with Crippen LogP contribution in [0.2, 0.25) is 5.02 Å². The van der Waals surface area contributed by atoms with Gasteiger partial charge < -0.3 is 4.90 Å². The number of nitrogens with one attached hydrogen (secondary N) is 1. The van der Waals surface area contributed by atoms with E-state index < -0.39 is 15.9 Å². The molecule has 0 spiro atoms. The van der Waals surface area contributed by atoms with Gasteiger partial charge in [0.1, 0.15) is 0 Å². The van der Waals surface area contributed by atoms with Crippen LogP contribution in [0.1, 0.15) is 10.4 Å². The van der Waals surface area contributed by atoms with Crippen molar-refractivity contribution in [3.63, 3.8) is 0 Å². The summed E-state index contributed by atoms with van der Waals surface area (Å²) < 4.78 is 27.1. The lowest BCUT2D eigenvalue weighted by Gasteiger charge is -2.35. The molecule has 7 nitrogen and oxygen atoms in total. The minimum absolute atomic E-state index is 0.0264. The number of anilines is 1. The smallest absolute Gasteiger partial charge is 0.274 e. The molecular weight excluding hydrogens is 378 g/mol. The van der Waals surface area contributed by atoms with E-state index in [2.05, 4.69) is 4.90 Å². The van der Waals surface area contributed by atoms with Gasteiger partial charge in [-0.25, -0.2) is 13.9 Å². The molecule has 2 N–H and O–H groups in total. The van der Waals surface area contributed by atoms with Crippen LogP contribution in [-0.4, -0.2) is 50.0 Å². The highest BCUT2D eigenvalue weighted by Gasteiger charge is 2.29. The third-order valence-corrected chi connectivity index (χ3v) is 6.41. The Labute approximate surface area is 156 Å². The monoisotopic (exact) mass is 395 g/mol. The van der Waals surface area contributed by atoms with Crippen molar-refractivity contribution in [2.24, 2.45) is 0 Å². The van der Waals surface area contributed by atoms with Gasteiger partial charge in [-0.1, -0.05) is 17.7 Å². The Morgan fingerprint density at radius 2 is 1.69 bits per heavy atom. The van der Waals surface area contributed by atoms with Crippen molar-refractivity contribution < 1.29 is 18.4 Å². The molecule has 138 valence electrons. The molecule has 1 aliphatic heterocycles. The highest BCUT2D eigenvalue weighted by molar-refractivity contribution is 7.89. The fraction of sp³-hybridized carbons (Fsp3) is 0.235. The number of hydrogen-bond acceptors (Lipinski definition) is 5. The van der Waals surface area contributed by atoms with Gasteiger partial charge in [-0.15, -0.1) is 0 Å². The summed E-state index contributed by atoms with van der Waals surface area (Å²) in [6, 6.07) is 13.0. The minimum Gasteiger partial charge on any atom is -0.369 e. The van der Waals surface area contributed by atoms with Crippen LogP contribution in [0.5, 0.6) is 0 Å². The highest BCUT2D eigenvalue weighted by atomic mass is 35.5. The van der Waals surface area contributed by atoms with Gasteiger partial charge in [-0.3, -0.25) is 10.0 Å². The second-order valence-electron chi connectivity index (χ2n) is 5.84. The standard InChI is InChI=1S/C17H18ClN3O4S/c18-14-4-6-15(7-5-14)20-8-10-21(11-9-20)26(24,25)16-3-1-2-13(12-16)17(22)19-23/h1-7,12,23H,8-11H2,(H,19,22). The van der Waals surface area contributed by atoms with E-state index in [1.54, 1.807) is 12.1 Å². The maximum absolute atomic E-state index is 12.8. The number of halogens is 1. The van der Waals surface area contributed by atoms with Gasteiger partial charge >= 0.3 is 0 Å². The molecule has 0 saturated carbocycles. The minimum atomic E-state index is -3.71. The number of sulfonamides is 1. The van der Waals surface area contributed by atoms with Crippen molar-refractivity contribution >= 4 is 33.2 Å². The number of piperazine rings is 1. The Kier molecular flexibility index (Phi) is 5.47. The largest absolute Gasteiger partial charge is 0.369 e. The summed E-state index contributed by atoms with van der Waals surface area (Å²) in [5.41, 5.74) is 2.57. The van der Waals surface area contributed by atoms with Crippen LogP contribution in [-0.2, 0) is 10.0 Å². The summed E-state index contributed by atoms with van der Waals surface area (Å²) in [5.74, 6) is -0.755. The van der Waals surface area contributed by atoms with Gasteiger partial charge in [0, 0.05) is 42.5 Å². The Bertz CT molecular complexity index is 894. The summed E-state index contributed by atoms with van der Waals surface area (Å²) >= 11 is 5.90. The Hall–Kier alpha value is -2.13. The van der Waals surface area contributed by atoms with Crippen LogP contribution in [0.25, 0.3) is 0 Å². The predicted octanol–water partition coefficient (Wildman–Crippen LogP) is 1.97. The Morgan fingerprint density at radius 3 is 2.31 bits per heavy atom. The van der Waals surface area contributed by atoms with Crippen molar-refractivity contribution in [2.45, 2.75) is 4.90 Å². The van der Waals surface area contributed by atoms with Crippen molar-refractivity contribution in [2.75, 3.05) is 31.1 Å². The molecule has 9 heteroatoms. The van der Waals surface area contributed by atoms with E-state index in [1.807, 2.05) is 12.1 Å². The van der Waals surface area contributed by atoms with Crippen molar-refractivity contribution in [1.29, 1.82) is 0 Å². The Balaban J connectivity index is 1.74. The average molecular weight is 396 g/mol. The first-order chi connectivity index (χ1) is 12.4. The number of rotatable bonds is 4. The van der Waals surface area contributed by atoms with Gasteiger partial charge in [0.15, 0.2) is 0 Å². The van der Waals surface area contributed by atoms with Crippen LogP contribution in [0.4, 0.5) is 5.69 Å². The zero-order chi connectivity index (χ0) is 18.7. The lowest BCUT2D eigenvalue weighted by Crippen LogP contribution is -2.48. The van der Waals surface area contributed by atoms with Gasteiger partial charge in [0.05, 0.1) is 4.90 Å². The molecule has 0 bridgehead atoms. The molecule has 0 unspecified atom stereocenters. The molecule has 2 aromatic rings. The van der Waals surface area contributed by atoms with Gasteiger partial charge in [-0.05, 0) is 42.5 Å². The zero-order valence-electron chi connectivity index (χ0n) is 13.8. The predicted molar refractivity (Wildman–Crippen MR) is 98.1 cm³/mol. The van der Waals surface area contributed by atoms with Crippen molar-refractivity contribution in [3.05, 3.63) is 59.1 Å². The molecule has 26 heavy (non-hydrogen) atoms. The number of amides is 1. The SMILES string of the molecule is O=C(NO)c1cccc(S(=O)(=O)N2CCN(c3ccc(Cl)cc3)CC2)c1. The third-order valence-electron chi connectivity index (χ3n) is 4.27. The molecule has 1 fully saturated rings. The molecule has 0 radical (unpaired) electrons. The summed E-state index contributed by atoms with van der Waals surface area (Å²) in [5, 5.41) is 9.37. The first kappa shape index (κ1) is 18.7. The van der Waals surface area contributed by atoms with E-state index in [0.29, 0.717) is 31.2 Å². The molecular formula is C17H18ClN3O4S. The van der Waals surface area contributed by atoms with E-state index in [9.17, 15) is 13.2 Å². The lowest BCUT2D eigenvalue weighted by atomic mass is 10.2. The maximum Gasteiger partial charge on any atom is 0.274 e. The first-order valence-electron chi connectivity index (χ1n) is 7.97. The third kappa shape index (κ3) is 3.83. The zero-order valence-corrected chi connectivity index (χ0v) is 15.4. The normalized spacial score (nSPS) is 15.7. The van der Waals surface area contributed by atoms with E-state index in [-0.39, 0.29) is 10.5 Å². The Morgan fingerprint density at radius 1 is 1.04 bits per heavy atom. The quantitative estimate of drug-likeness (QED) is 0.610. The molecule has 1 aliphatic rings. The number of hydrogen-bond donors (Lipinski definition) is 2. The van der Waals surface area contributed by atoms with Crippen molar-refractivity contribution in [3.8, 4) is 0 Å². The number of carbonyl (C=O) groups is 1. The number of benzene rings is 2. The fourth-order valence-corrected chi connectivity index (χ4v) is 4.44. The van der Waals surface area contributed by atoms with E-state index in [0.717, 1.165) is 5.69 Å². The maximum atomic E-state index is 12.8. The molecule has 1 saturated heterocycles. The van der Waals surface area contributed by atoms with Gasteiger partial charge in [0.2, 0.25) is 10.0 Å². The van der Waals surface area contributed by atoms with E-state index in [4.69, 9.17) is 16.8 Å². The average Bonchev–Trinajstić information content (AvgIpc) is 2.68.